The van der Waals surface area contributed by atoms with Crippen LogP contribution < -0.4 is 14.4 Å². The normalized spacial score (nSPS) is 13.2. The van der Waals surface area contributed by atoms with E-state index in [-0.39, 0.29) is 45.5 Å². The minimum Gasteiger partial charge on any atom is -0.495 e. The number of alkyl halides is 3. The Bertz CT molecular complexity index is 1490. The Morgan fingerprint density at radius 3 is 2.60 bits per heavy atom. The number of methoxy groups -OCH3 is 1. The number of likely N-dealkylation sites (tertiary alicyclic amines) is 1. The number of hydrogen-bond acceptors (Lipinski definition) is 6. The molecule has 0 bridgehead atoms. The number of para-hydroxylation sites is 2. The zero-order chi connectivity index (χ0) is 29.0. The predicted molar refractivity (Wildman–Crippen MR) is 141 cm³/mol. The Morgan fingerprint density at radius 1 is 1.20 bits per heavy atom. The highest BCUT2D eigenvalue weighted by Crippen LogP contribution is 2.39. The lowest BCUT2D eigenvalue weighted by molar-refractivity contribution is -0.141. The second-order valence-electron chi connectivity index (χ2n) is 8.92. The van der Waals surface area contributed by atoms with E-state index < -0.39 is 17.8 Å². The zero-order valence-corrected chi connectivity index (χ0v) is 22.3. The van der Waals surface area contributed by atoms with E-state index in [1.807, 2.05) is 0 Å². The van der Waals surface area contributed by atoms with Crippen LogP contribution in [0.3, 0.4) is 0 Å². The molecule has 12 heteroatoms. The fraction of sp³-hybridized carbons (Fsp3) is 0.286. The second-order valence-corrected chi connectivity index (χ2v) is 9.33. The molecule has 208 valence electrons. The summed E-state index contributed by atoms with van der Waals surface area (Å²) in [5.74, 6) is 0.0165. The lowest BCUT2D eigenvalue weighted by Gasteiger charge is -2.23. The van der Waals surface area contributed by atoms with Gasteiger partial charge in [0, 0.05) is 43.4 Å². The van der Waals surface area contributed by atoms with E-state index in [0.717, 1.165) is 12.6 Å². The van der Waals surface area contributed by atoms with Crippen LogP contribution in [-0.2, 0) is 11.0 Å². The highest BCUT2D eigenvalue weighted by atomic mass is 35.5. The van der Waals surface area contributed by atoms with Gasteiger partial charge in [-0.05, 0) is 30.7 Å². The molecule has 1 aliphatic rings. The smallest absolute Gasteiger partial charge is 0.433 e. The monoisotopic (exact) mass is 572 g/mol. The number of carbonyl (C=O) groups is 2. The Hall–Kier alpha value is -4.30. The van der Waals surface area contributed by atoms with Gasteiger partial charge in [0.25, 0.3) is 5.91 Å². The first-order valence-electron chi connectivity index (χ1n) is 12.2. The topological polar surface area (TPSA) is 95.8 Å². The molecule has 0 saturated carbocycles. The van der Waals surface area contributed by atoms with E-state index in [0.29, 0.717) is 37.0 Å². The fourth-order valence-corrected chi connectivity index (χ4v) is 4.62. The minimum atomic E-state index is -4.75. The van der Waals surface area contributed by atoms with Gasteiger partial charge in [-0.15, -0.1) is 0 Å². The Morgan fingerprint density at radius 2 is 1.95 bits per heavy atom. The summed E-state index contributed by atoms with van der Waals surface area (Å²) in [6.07, 6.45) is -2.62. The van der Waals surface area contributed by atoms with Crippen molar-refractivity contribution in [1.82, 2.24) is 9.88 Å². The Balaban J connectivity index is 1.77. The SMILES string of the molecule is COc1ccccc1N(C)C(=O)c1cc(-c2cnc(C(F)(F)F)cc2C#N)c(Cl)cc1OCCN1CCCC1=O. The number of pyridine rings is 1. The van der Waals surface area contributed by atoms with E-state index in [1.165, 1.54) is 31.2 Å². The van der Waals surface area contributed by atoms with Crippen molar-refractivity contribution in [3.8, 4) is 28.7 Å². The third-order valence-corrected chi connectivity index (χ3v) is 6.76. The number of aromatic nitrogens is 1. The highest BCUT2D eigenvalue weighted by molar-refractivity contribution is 6.34. The van der Waals surface area contributed by atoms with Gasteiger partial charge in [-0.25, -0.2) is 0 Å². The molecule has 1 fully saturated rings. The van der Waals surface area contributed by atoms with Crippen LogP contribution in [0, 0.1) is 11.3 Å². The lowest BCUT2D eigenvalue weighted by Crippen LogP contribution is -2.30. The summed E-state index contributed by atoms with van der Waals surface area (Å²) in [6, 6.07) is 11.9. The van der Waals surface area contributed by atoms with Gasteiger partial charge in [-0.2, -0.15) is 18.4 Å². The maximum atomic E-state index is 13.8. The number of nitrogens with zero attached hydrogens (tertiary/aromatic N) is 4. The number of amides is 2. The molecule has 2 amide bonds. The Labute approximate surface area is 233 Å². The van der Waals surface area contributed by atoms with Crippen molar-refractivity contribution >= 4 is 29.1 Å². The van der Waals surface area contributed by atoms with Gasteiger partial charge in [-0.1, -0.05) is 23.7 Å². The molecular weight excluding hydrogens is 549 g/mol. The number of carbonyl (C=O) groups excluding carboxylic acids is 2. The molecule has 1 aliphatic heterocycles. The molecule has 1 aromatic heterocycles. The molecule has 2 heterocycles. The molecule has 1 saturated heterocycles. The predicted octanol–water partition coefficient (Wildman–Crippen LogP) is 5.58. The highest BCUT2D eigenvalue weighted by Gasteiger charge is 2.33. The summed E-state index contributed by atoms with van der Waals surface area (Å²) < 4.78 is 50.9. The van der Waals surface area contributed by atoms with Crippen LogP contribution in [0.4, 0.5) is 18.9 Å². The fourth-order valence-electron chi connectivity index (χ4n) is 4.37. The largest absolute Gasteiger partial charge is 0.495 e. The van der Waals surface area contributed by atoms with E-state index in [4.69, 9.17) is 21.1 Å². The standard InChI is InChI=1S/C28H24ClF3N4O4/c1-35(22-6-3-4-7-23(22)39-2)27(38)19-13-18(20-16-34-25(28(30,31)32)12-17(20)15-33)21(29)14-24(19)40-11-10-36-9-5-8-26(36)37/h3-4,6-7,12-14,16H,5,8-11H2,1-2H3. The Kier molecular flexibility index (Phi) is 8.49. The van der Waals surface area contributed by atoms with Crippen molar-refractivity contribution in [3.05, 3.63) is 70.5 Å². The molecule has 8 nitrogen and oxygen atoms in total. The molecule has 2 aromatic carbocycles. The number of hydrogen-bond donors (Lipinski definition) is 0. The summed E-state index contributed by atoms with van der Waals surface area (Å²) in [5.41, 5.74) is -0.921. The molecule has 40 heavy (non-hydrogen) atoms. The molecule has 0 unspecified atom stereocenters. The number of benzene rings is 2. The first-order valence-corrected chi connectivity index (χ1v) is 12.6. The van der Waals surface area contributed by atoms with Gasteiger partial charge in [0.1, 0.15) is 23.8 Å². The molecule has 3 aromatic rings. The quantitative estimate of drug-likeness (QED) is 0.350. The van der Waals surface area contributed by atoms with Crippen molar-refractivity contribution in [2.45, 2.75) is 19.0 Å². The average Bonchev–Trinajstić information content (AvgIpc) is 3.35. The summed E-state index contributed by atoms with van der Waals surface area (Å²) in [6.45, 7) is 0.989. The van der Waals surface area contributed by atoms with Gasteiger partial charge >= 0.3 is 6.18 Å². The molecule has 0 aliphatic carbocycles. The maximum Gasteiger partial charge on any atom is 0.433 e. The van der Waals surface area contributed by atoms with Gasteiger partial charge in [0.15, 0.2) is 0 Å². The summed E-state index contributed by atoms with van der Waals surface area (Å²) in [4.78, 5) is 32.2. The molecule has 0 spiro atoms. The van der Waals surface area contributed by atoms with Crippen LogP contribution in [0.25, 0.3) is 11.1 Å². The van der Waals surface area contributed by atoms with Crippen molar-refractivity contribution in [2.75, 3.05) is 38.8 Å². The molecule has 0 N–H and O–H groups in total. The van der Waals surface area contributed by atoms with Crippen molar-refractivity contribution in [3.63, 3.8) is 0 Å². The third kappa shape index (κ3) is 5.97. The number of halogens is 4. The van der Waals surface area contributed by atoms with E-state index in [9.17, 15) is 28.0 Å². The number of rotatable bonds is 8. The van der Waals surface area contributed by atoms with E-state index >= 15 is 0 Å². The second kappa shape index (κ2) is 11.8. The van der Waals surface area contributed by atoms with Crippen LogP contribution in [0.2, 0.25) is 5.02 Å². The molecular formula is C28H24ClF3N4O4. The van der Waals surface area contributed by atoms with Crippen LogP contribution >= 0.6 is 11.6 Å². The first kappa shape index (κ1) is 28.7. The van der Waals surface area contributed by atoms with Crippen molar-refractivity contribution in [1.29, 1.82) is 5.26 Å². The zero-order valence-electron chi connectivity index (χ0n) is 21.6. The summed E-state index contributed by atoms with van der Waals surface area (Å²) in [7, 11) is 2.99. The van der Waals surface area contributed by atoms with Crippen molar-refractivity contribution in [2.24, 2.45) is 0 Å². The molecule has 0 atom stereocenters. The summed E-state index contributed by atoms with van der Waals surface area (Å²) in [5, 5.41) is 9.63. The minimum absolute atomic E-state index is 0.0167. The lowest BCUT2D eigenvalue weighted by atomic mass is 9.98. The van der Waals surface area contributed by atoms with Crippen LogP contribution in [0.5, 0.6) is 11.5 Å². The molecule has 4 rings (SSSR count). The van der Waals surface area contributed by atoms with Gasteiger partial charge < -0.3 is 19.3 Å². The number of nitriles is 1. The van der Waals surface area contributed by atoms with Gasteiger partial charge in [0.05, 0.1) is 41.6 Å². The van der Waals surface area contributed by atoms with E-state index in [2.05, 4.69) is 4.98 Å². The van der Waals surface area contributed by atoms with Crippen LogP contribution in [0.1, 0.15) is 34.5 Å². The van der Waals surface area contributed by atoms with E-state index in [1.54, 1.807) is 35.2 Å². The van der Waals surface area contributed by atoms with Gasteiger partial charge in [-0.3, -0.25) is 14.6 Å². The number of ether oxygens (including phenoxy) is 2. The maximum absolute atomic E-state index is 13.8. The first-order chi connectivity index (χ1) is 19.0. The number of anilines is 1. The third-order valence-electron chi connectivity index (χ3n) is 6.45. The molecule has 0 radical (unpaired) electrons. The van der Waals surface area contributed by atoms with Crippen LogP contribution in [-0.4, -0.2) is 55.6 Å². The average molecular weight is 573 g/mol. The van der Waals surface area contributed by atoms with Gasteiger partial charge in [0.2, 0.25) is 5.91 Å². The summed E-state index contributed by atoms with van der Waals surface area (Å²) >= 11 is 6.52. The van der Waals surface area contributed by atoms with Crippen molar-refractivity contribution < 1.29 is 32.2 Å². The van der Waals surface area contributed by atoms with Crippen LogP contribution in [0.15, 0.2) is 48.7 Å².